The maximum absolute atomic E-state index is 4.73. The van der Waals surface area contributed by atoms with Crippen LogP contribution in [0, 0.1) is 6.92 Å². The lowest BCUT2D eigenvalue weighted by Crippen LogP contribution is -2.00. The van der Waals surface area contributed by atoms with Crippen LogP contribution in [0.15, 0.2) is 73.2 Å². The third kappa shape index (κ3) is 4.26. The van der Waals surface area contributed by atoms with Gasteiger partial charge in [-0.15, -0.1) is 0 Å². The Labute approximate surface area is 158 Å². The summed E-state index contributed by atoms with van der Waals surface area (Å²) < 4.78 is 2.00. The molecule has 0 fully saturated rings. The maximum atomic E-state index is 4.73. The molecule has 3 heterocycles. The van der Waals surface area contributed by atoms with Gasteiger partial charge in [0.1, 0.15) is 0 Å². The molecule has 3 aromatic heterocycles. The number of hydrogen-bond donors (Lipinski definition) is 0. The SMILES string of the molecule is Cc1ccc(-c2cccc(-c3ccn(CCCc4cccnc4)n3)c2)nn1. The van der Waals surface area contributed by atoms with Crippen LogP contribution in [-0.2, 0) is 13.0 Å². The van der Waals surface area contributed by atoms with Crippen LogP contribution in [0.25, 0.3) is 22.5 Å². The molecule has 0 unspecified atom stereocenters. The zero-order chi connectivity index (χ0) is 18.5. The molecule has 5 heteroatoms. The molecule has 0 amide bonds. The van der Waals surface area contributed by atoms with E-state index in [4.69, 9.17) is 5.10 Å². The first-order valence-electron chi connectivity index (χ1n) is 9.11. The highest BCUT2D eigenvalue weighted by Gasteiger charge is 2.06. The average Bonchev–Trinajstić information content (AvgIpc) is 3.18. The molecule has 0 aliphatic carbocycles. The first-order valence-corrected chi connectivity index (χ1v) is 9.11. The Morgan fingerprint density at radius 1 is 0.889 bits per heavy atom. The highest BCUT2D eigenvalue weighted by molar-refractivity contribution is 5.69. The number of rotatable bonds is 6. The minimum absolute atomic E-state index is 0.873. The molecule has 1 aromatic carbocycles. The van der Waals surface area contributed by atoms with Crippen molar-refractivity contribution in [3.05, 3.63) is 84.4 Å². The molecule has 5 nitrogen and oxygen atoms in total. The van der Waals surface area contributed by atoms with Crippen LogP contribution in [0.5, 0.6) is 0 Å². The van der Waals surface area contributed by atoms with Gasteiger partial charge in [0.05, 0.1) is 17.1 Å². The van der Waals surface area contributed by atoms with Crippen LogP contribution in [0.1, 0.15) is 17.7 Å². The summed E-state index contributed by atoms with van der Waals surface area (Å²) >= 11 is 0. The van der Waals surface area contributed by atoms with Gasteiger partial charge in [-0.05, 0) is 55.7 Å². The van der Waals surface area contributed by atoms with Crippen LogP contribution in [-0.4, -0.2) is 25.0 Å². The number of benzene rings is 1. The summed E-state index contributed by atoms with van der Waals surface area (Å²) in [5.74, 6) is 0. The van der Waals surface area contributed by atoms with E-state index >= 15 is 0 Å². The van der Waals surface area contributed by atoms with Gasteiger partial charge in [0, 0.05) is 36.3 Å². The number of pyridine rings is 1. The van der Waals surface area contributed by atoms with Crippen molar-refractivity contribution in [3.8, 4) is 22.5 Å². The summed E-state index contributed by atoms with van der Waals surface area (Å²) in [6.45, 7) is 2.83. The van der Waals surface area contributed by atoms with E-state index in [1.165, 1.54) is 5.56 Å². The molecule has 0 saturated carbocycles. The fourth-order valence-electron chi connectivity index (χ4n) is 3.02. The molecule has 0 atom stereocenters. The molecule has 0 bridgehead atoms. The Bertz CT molecular complexity index is 1010. The molecule has 0 radical (unpaired) electrons. The standard InChI is InChI=1S/C22H21N5/c1-17-9-10-21(25-24-17)19-7-2-8-20(15-19)22-11-14-27(26-22)13-4-6-18-5-3-12-23-16-18/h2-3,5,7-12,14-16H,4,6,13H2,1H3. The second kappa shape index (κ2) is 7.91. The number of aryl methyl sites for hydroxylation is 3. The Morgan fingerprint density at radius 2 is 1.78 bits per heavy atom. The summed E-state index contributed by atoms with van der Waals surface area (Å²) in [6.07, 6.45) is 7.81. The number of aromatic nitrogens is 5. The molecule has 0 aliphatic heterocycles. The lowest BCUT2D eigenvalue weighted by atomic mass is 10.1. The summed E-state index contributed by atoms with van der Waals surface area (Å²) in [6, 6.07) is 18.4. The zero-order valence-corrected chi connectivity index (χ0v) is 15.3. The fourth-order valence-corrected chi connectivity index (χ4v) is 3.02. The van der Waals surface area contributed by atoms with Crippen molar-refractivity contribution < 1.29 is 0 Å². The monoisotopic (exact) mass is 355 g/mol. The van der Waals surface area contributed by atoms with Gasteiger partial charge in [-0.1, -0.05) is 24.3 Å². The van der Waals surface area contributed by atoms with Gasteiger partial charge in [-0.2, -0.15) is 15.3 Å². The predicted molar refractivity (Wildman–Crippen MR) is 106 cm³/mol. The number of nitrogens with zero attached hydrogens (tertiary/aromatic N) is 5. The highest BCUT2D eigenvalue weighted by Crippen LogP contribution is 2.24. The van der Waals surface area contributed by atoms with Gasteiger partial charge in [0.25, 0.3) is 0 Å². The Hall–Kier alpha value is -3.34. The molecule has 134 valence electrons. The molecule has 0 N–H and O–H groups in total. The third-order valence-electron chi connectivity index (χ3n) is 4.47. The second-order valence-electron chi connectivity index (χ2n) is 6.57. The van der Waals surface area contributed by atoms with Gasteiger partial charge in [0.2, 0.25) is 0 Å². The predicted octanol–water partition coefficient (Wildman–Crippen LogP) is 4.34. The molecule has 27 heavy (non-hydrogen) atoms. The lowest BCUT2D eigenvalue weighted by Gasteiger charge is -2.04. The maximum Gasteiger partial charge on any atom is 0.0930 e. The molecule has 4 rings (SSSR count). The van der Waals surface area contributed by atoms with Gasteiger partial charge < -0.3 is 0 Å². The van der Waals surface area contributed by atoms with E-state index in [-0.39, 0.29) is 0 Å². The lowest BCUT2D eigenvalue weighted by molar-refractivity contribution is 0.580. The molecule has 0 aliphatic rings. The quantitative estimate of drug-likeness (QED) is 0.516. The minimum atomic E-state index is 0.873. The van der Waals surface area contributed by atoms with Crippen LogP contribution in [0.4, 0.5) is 0 Å². The van der Waals surface area contributed by atoms with Crippen molar-refractivity contribution in [1.29, 1.82) is 0 Å². The van der Waals surface area contributed by atoms with Crippen LogP contribution in [0.3, 0.4) is 0 Å². The van der Waals surface area contributed by atoms with Crippen molar-refractivity contribution in [2.24, 2.45) is 0 Å². The van der Waals surface area contributed by atoms with E-state index in [2.05, 4.69) is 39.4 Å². The van der Waals surface area contributed by atoms with E-state index < -0.39 is 0 Å². The first-order chi connectivity index (χ1) is 13.3. The van der Waals surface area contributed by atoms with E-state index in [1.54, 1.807) is 6.20 Å². The summed E-state index contributed by atoms with van der Waals surface area (Å²) in [4.78, 5) is 4.16. The van der Waals surface area contributed by atoms with Crippen molar-refractivity contribution in [2.45, 2.75) is 26.3 Å². The van der Waals surface area contributed by atoms with Crippen LogP contribution >= 0.6 is 0 Å². The van der Waals surface area contributed by atoms with E-state index in [0.29, 0.717) is 0 Å². The second-order valence-corrected chi connectivity index (χ2v) is 6.57. The van der Waals surface area contributed by atoms with Crippen molar-refractivity contribution in [3.63, 3.8) is 0 Å². The van der Waals surface area contributed by atoms with E-state index in [0.717, 1.165) is 47.6 Å². The van der Waals surface area contributed by atoms with Gasteiger partial charge in [-0.25, -0.2) is 0 Å². The first kappa shape index (κ1) is 17.1. The molecule has 0 spiro atoms. The zero-order valence-electron chi connectivity index (χ0n) is 15.3. The van der Waals surface area contributed by atoms with Crippen molar-refractivity contribution in [2.75, 3.05) is 0 Å². The molecule has 4 aromatic rings. The van der Waals surface area contributed by atoms with Crippen LogP contribution in [0.2, 0.25) is 0 Å². The fraction of sp³-hybridized carbons (Fsp3) is 0.182. The Morgan fingerprint density at radius 3 is 2.56 bits per heavy atom. The highest BCUT2D eigenvalue weighted by atomic mass is 15.3. The Kier molecular flexibility index (Phi) is 5.01. The Balaban J connectivity index is 1.45. The van der Waals surface area contributed by atoms with Gasteiger partial charge >= 0.3 is 0 Å². The van der Waals surface area contributed by atoms with E-state index in [1.807, 2.05) is 54.3 Å². The van der Waals surface area contributed by atoms with Gasteiger partial charge in [-0.3, -0.25) is 9.67 Å². The topological polar surface area (TPSA) is 56.5 Å². The van der Waals surface area contributed by atoms with E-state index in [9.17, 15) is 0 Å². The average molecular weight is 355 g/mol. The summed E-state index contributed by atoms with van der Waals surface area (Å²) in [7, 11) is 0. The van der Waals surface area contributed by atoms with Crippen molar-refractivity contribution in [1.82, 2.24) is 25.0 Å². The minimum Gasteiger partial charge on any atom is -0.272 e. The van der Waals surface area contributed by atoms with Crippen molar-refractivity contribution >= 4 is 0 Å². The normalized spacial score (nSPS) is 10.9. The van der Waals surface area contributed by atoms with Gasteiger partial charge in [0.15, 0.2) is 0 Å². The molecule has 0 saturated heterocycles. The number of hydrogen-bond acceptors (Lipinski definition) is 4. The summed E-state index contributed by atoms with van der Waals surface area (Å²) in [5.41, 5.74) is 6.15. The third-order valence-corrected chi connectivity index (χ3v) is 4.47. The summed E-state index contributed by atoms with van der Waals surface area (Å²) in [5, 5.41) is 13.1. The largest absolute Gasteiger partial charge is 0.272 e. The molecular formula is C22H21N5. The smallest absolute Gasteiger partial charge is 0.0930 e. The molecular weight excluding hydrogens is 334 g/mol. The van der Waals surface area contributed by atoms with Crippen LogP contribution < -0.4 is 0 Å².